The molecule has 0 saturated carbocycles. The second kappa shape index (κ2) is 10.5. The summed E-state index contributed by atoms with van der Waals surface area (Å²) in [6.07, 6.45) is -2.04. The van der Waals surface area contributed by atoms with E-state index < -0.39 is 17.4 Å². The van der Waals surface area contributed by atoms with Crippen molar-refractivity contribution in [3.05, 3.63) is 63.7 Å². The number of halogens is 3. The van der Waals surface area contributed by atoms with E-state index in [-0.39, 0.29) is 23.8 Å². The normalized spacial score (nSPS) is 19.7. The summed E-state index contributed by atoms with van der Waals surface area (Å²) in [5, 5.41) is 9.41. The Kier molecular flexibility index (Phi) is 7.55. The van der Waals surface area contributed by atoms with Crippen molar-refractivity contribution in [1.82, 2.24) is 19.4 Å². The maximum absolute atomic E-state index is 13.1. The standard InChI is InChI=1S/C27H31F3N6O/c1-5-20-16-36(25-24-23(34(4)26(37)33-25)13-12-19(14-31)32-24)21(6-2)15-35(20)22(7-3)17-8-10-18(11-9-17)27(28,29)30/h8-13,20-22H,5-7,15-16H2,1-4H3/t20-,21+,22?/m1/s1. The fraction of sp³-hybridized carbons (Fsp3) is 0.481. The number of nitrogens with zero attached hydrogens (tertiary/aromatic N) is 6. The number of benzene rings is 1. The number of fused-ring (bicyclic) bond motifs is 1. The summed E-state index contributed by atoms with van der Waals surface area (Å²) in [6.45, 7) is 7.44. The molecule has 3 heterocycles. The van der Waals surface area contributed by atoms with Gasteiger partial charge in [-0.1, -0.05) is 32.9 Å². The molecule has 1 fully saturated rings. The number of aryl methyl sites for hydroxylation is 1. The van der Waals surface area contributed by atoms with E-state index in [4.69, 9.17) is 0 Å². The summed E-state index contributed by atoms with van der Waals surface area (Å²) in [4.78, 5) is 26.1. The first kappa shape index (κ1) is 26.6. The fourth-order valence-electron chi connectivity index (χ4n) is 5.35. The molecule has 4 rings (SSSR count). The Balaban J connectivity index is 1.73. The zero-order valence-corrected chi connectivity index (χ0v) is 21.5. The van der Waals surface area contributed by atoms with Gasteiger partial charge in [-0.2, -0.15) is 23.4 Å². The van der Waals surface area contributed by atoms with E-state index in [2.05, 4.69) is 39.7 Å². The molecule has 3 atom stereocenters. The van der Waals surface area contributed by atoms with Crippen molar-refractivity contribution in [2.45, 2.75) is 64.3 Å². The number of pyridine rings is 1. The number of hydrogen-bond acceptors (Lipinski definition) is 6. The number of aromatic nitrogens is 3. The van der Waals surface area contributed by atoms with E-state index in [0.717, 1.165) is 37.0 Å². The van der Waals surface area contributed by atoms with Gasteiger partial charge in [0.15, 0.2) is 5.82 Å². The number of piperazine rings is 1. The third-order valence-electron chi connectivity index (χ3n) is 7.41. The zero-order valence-electron chi connectivity index (χ0n) is 21.5. The van der Waals surface area contributed by atoms with Crippen LogP contribution in [0, 0.1) is 11.3 Å². The molecule has 0 amide bonds. The van der Waals surface area contributed by atoms with Gasteiger partial charge in [-0.3, -0.25) is 9.47 Å². The summed E-state index contributed by atoms with van der Waals surface area (Å²) in [5.74, 6) is 0.475. The van der Waals surface area contributed by atoms with Crippen molar-refractivity contribution in [1.29, 1.82) is 5.26 Å². The van der Waals surface area contributed by atoms with Crippen molar-refractivity contribution in [3.63, 3.8) is 0 Å². The molecule has 1 saturated heterocycles. The van der Waals surface area contributed by atoms with Crippen LogP contribution >= 0.6 is 0 Å². The highest BCUT2D eigenvalue weighted by atomic mass is 19.4. The summed E-state index contributed by atoms with van der Waals surface area (Å²) in [6, 6.07) is 10.9. The van der Waals surface area contributed by atoms with Crippen LogP contribution in [-0.2, 0) is 13.2 Å². The van der Waals surface area contributed by atoms with Crippen LogP contribution in [0.4, 0.5) is 19.0 Å². The van der Waals surface area contributed by atoms with E-state index in [1.807, 2.05) is 6.92 Å². The Morgan fingerprint density at radius 3 is 2.27 bits per heavy atom. The molecule has 1 aliphatic rings. The molecule has 196 valence electrons. The molecule has 1 aliphatic heterocycles. The molecular weight excluding hydrogens is 481 g/mol. The number of anilines is 1. The van der Waals surface area contributed by atoms with E-state index >= 15 is 0 Å². The Morgan fingerprint density at radius 1 is 1.03 bits per heavy atom. The topological polar surface area (TPSA) is 78.0 Å². The van der Waals surface area contributed by atoms with E-state index in [9.17, 15) is 23.2 Å². The molecule has 3 aromatic rings. The lowest BCUT2D eigenvalue weighted by Gasteiger charge is -2.49. The van der Waals surface area contributed by atoms with Gasteiger partial charge in [0, 0.05) is 38.3 Å². The van der Waals surface area contributed by atoms with Gasteiger partial charge >= 0.3 is 11.9 Å². The van der Waals surface area contributed by atoms with E-state index in [1.54, 1.807) is 31.3 Å². The van der Waals surface area contributed by atoms with Gasteiger partial charge in [-0.05, 0) is 49.1 Å². The number of nitriles is 1. The molecule has 0 spiro atoms. The van der Waals surface area contributed by atoms with Gasteiger partial charge in [-0.15, -0.1) is 0 Å². The Bertz CT molecular complexity index is 1360. The average Bonchev–Trinajstić information content (AvgIpc) is 2.90. The fourth-order valence-corrected chi connectivity index (χ4v) is 5.35. The number of alkyl halides is 3. The summed E-state index contributed by atoms with van der Waals surface area (Å²) >= 11 is 0. The van der Waals surface area contributed by atoms with Crippen molar-refractivity contribution < 1.29 is 13.2 Å². The first-order chi connectivity index (χ1) is 17.6. The lowest BCUT2D eigenvalue weighted by Crippen LogP contribution is -2.59. The van der Waals surface area contributed by atoms with Crippen molar-refractivity contribution in [3.8, 4) is 6.07 Å². The van der Waals surface area contributed by atoms with Gasteiger partial charge in [-0.25, -0.2) is 9.78 Å². The second-order valence-electron chi connectivity index (χ2n) is 9.47. The minimum Gasteiger partial charge on any atom is -0.349 e. The Morgan fingerprint density at radius 2 is 1.70 bits per heavy atom. The molecular formula is C27H31F3N6O. The quantitative estimate of drug-likeness (QED) is 0.460. The van der Waals surface area contributed by atoms with Gasteiger partial charge < -0.3 is 4.90 Å². The van der Waals surface area contributed by atoms with Crippen LogP contribution in [0.15, 0.2) is 41.2 Å². The highest BCUT2D eigenvalue weighted by molar-refractivity contribution is 5.86. The third-order valence-corrected chi connectivity index (χ3v) is 7.41. The molecule has 0 bridgehead atoms. The largest absolute Gasteiger partial charge is 0.416 e. The minimum atomic E-state index is -4.37. The Labute approximate surface area is 214 Å². The summed E-state index contributed by atoms with van der Waals surface area (Å²) in [5.41, 5.74) is 1.18. The lowest BCUT2D eigenvalue weighted by molar-refractivity contribution is -0.137. The first-order valence-corrected chi connectivity index (χ1v) is 12.6. The summed E-state index contributed by atoms with van der Waals surface area (Å²) in [7, 11) is 1.63. The van der Waals surface area contributed by atoms with Gasteiger partial charge in [0.05, 0.1) is 11.1 Å². The van der Waals surface area contributed by atoms with Crippen LogP contribution in [0.5, 0.6) is 0 Å². The van der Waals surface area contributed by atoms with Crippen LogP contribution in [-0.4, -0.2) is 44.6 Å². The molecule has 1 aromatic carbocycles. The Hall–Kier alpha value is -3.45. The second-order valence-corrected chi connectivity index (χ2v) is 9.47. The van der Waals surface area contributed by atoms with Crippen LogP contribution in [0.25, 0.3) is 11.0 Å². The van der Waals surface area contributed by atoms with Crippen LogP contribution in [0.3, 0.4) is 0 Å². The lowest BCUT2D eigenvalue weighted by atomic mass is 9.94. The summed E-state index contributed by atoms with van der Waals surface area (Å²) < 4.78 is 40.8. The van der Waals surface area contributed by atoms with Crippen molar-refractivity contribution in [2.24, 2.45) is 7.05 Å². The first-order valence-electron chi connectivity index (χ1n) is 12.6. The molecule has 0 N–H and O–H groups in total. The molecule has 10 heteroatoms. The molecule has 0 radical (unpaired) electrons. The predicted molar refractivity (Wildman–Crippen MR) is 136 cm³/mol. The smallest absolute Gasteiger partial charge is 0.349 e. The van der Waals surface area contributed by atoms with Crippen LogP contribution < -0.4 is 10.6 Å². The molecule has 37 heavy (non-hydrogen) atoms. The van der Waals surface area contributed by atoms with Crippen molar-refractivity contribution in [2.75, 3.05) is 18.0 Å². The zero-order chi connectivity index (χ0) is 26.9. The van der Waals surface area contributed by atoms with E-state index in [1.165, 1.54) is 4.57 Å². The number of hydrogen-bond donors (Lipinski definition) is 0. The molecule has 0 aliphatic carbocycles. The minimum absolute atomic E-state index is 0.00152. The molecule has 1 unspecified atom stereocenters. The maximum atomic E-state index is 13.1. The number of rotatable bonds is 6. The highest BCUT2D eigenvalue weighted by Crippen LogP contribution is 2.36. The van der Waals surface area contributed by atoms with Crippen molar-refractivity contribution >= 4 is 16.9 Å². The van der Waals surface area contributed by atoms with Crippen LogP contribution in [0.2, 0.25) is 0 Å². The van der Waals surface area contributed by atoms with Gasteiger partial charge in [0.1, 0.15) is 17.3 Å². The van der Waals surface area contributed by atoms with E-state index in [0.29, 0.717) is 29.9 Å². The third kappa shape index (κ3) is 5.05. The van der Waals surface area contributed by atoms with Gasteiger partial charge in [0.25, 0.3) is 0 Å². The molecule has 2 aromatic heterocycles. The van der Waals surface area contributed by atoms with Crippen LogP contribution in [0.1, 0.15) is 62.9 Å². The maximum Gasteiger partial charge on any atom is 0.416 e. The SMILES string of the molecule is CCC(c1ccc(C(F)(F)F)cc1)N1C[C@H](CC)N(c2nc(=O)n(C)c3ccc(C#N)nc23)C[C@H]1CC. The highest BCUT2D eigenvalue weighted by Gasteiger charge is 2.38. The van der Waals surface area contributed by atoms with Gasteiger partial charge in [0.2, 0.25) is 0 Å². The monoisotopic (exact) mass is 512 g/mol. The predicted octanol–water partition coefficient (Wildman–Crippen LogP) is 5.05. The molecule has 7 nitrogen and oxygen atoms in total. The average molecular weight is 513 g/mol.